The average Bonchev–Trinajstić information content (AvgIpc) is 3.09. The molecule has 6 nitrogen and oxygen atoms in total. The molecule has 2 saturated heterocycles. The van der Waals surface area contributed by atoms with Crippen molar-refractivity contribution in [1.82, 2.24) is 14.7 Å². The SMILES string of the molecule is Cc1cc(C)cc(C(=O)N2CCN(C3CCN(Cc4ccccc4)CC3Cc3ccccc3)C(C(=O)CN)(c3ccc(Cl)c(Cl)c3)C2)c1. The van der Waals surface area contributed by atoms with Crippen LogP contribution in [0, 0.1) is 19.8 Å². The van der Waals surface area contributed by atoms with Crippen molar-refractivity contribution < 1.29 is 9.59 Å². The van der Waals surface area contributed by atoms with E-state index in [4.69, 9.17) is 28.9 Å². The van der Waals surface area contributed by atoms with Crippen LogP contribution in [0.25, 0.3) is 0 Å². The van der Waals surface area contributed by atoms with E-state index in [1.54, 1.807) is 12.1 Å². The zero-order chi connectivity index (χ0) is 33.8. The van der Waals surface area contributed by atoms with Gasteiger partial charge in [0, 0.05) is 37.8 Å². The van der Waals surface area contributed by atoms with Crippen molar-refractivity contribution in [3.63, 3.8) is 0 Å². The van der Waals surface area contributed by atoms with Crippen LogP contribution in [0.1, 0.15) is 44.6 Å². The highest BCUT2D eigenvalue weighted by atomic mass is 35.5. The van der Waals surface area contributed by atoms with Crippen molar-refractivity contribution in [2.24, 2.45) is 11.7 Å². The predicted octanol–water partition coefficient (Wildman–Crippen LogP) is 6.92. The third-order valence-electron chi connectivity index (χ3n) is 10.1. The zero-order valence-electron chi connectivity index (χ0n) is 27.7. The molecule has 250 valence electrons. The van der Waals surface area contributed by atoms with Crippen molar-refractivity contribution in [1.29, 1.82) is 0 Å². The minimum Gasteiger partial charge on any atom is -0.335 e. The molecular formula is C40H44Cl2N4O2. The van der Waals surface area contributed by atoms with Gasteiger partial charge in [0.05, 0.1) is 23.1 Å². The summed E-state index contributed by atoms with van der Waals surface area (Å²) in [4.78, 5) is 35.4. The van der Waals surface area contributed by atoms with Crippen LogP contribution in [-0.2, 0) is 23.3 Å². The number of nitrogens with zero attached hydrogens (tertiary/aromatic N) is 3. The van der Waals surface area contributed by atoms with Gasteiger partial charge in [0.1, 0.15) is 5.54 Å². The summed E-state index contributed by atoms with van der Waals surface area (Å²) < 4.78 is 0. The quantitative estimate of drug-likeness (QED) is 0.208. The first-order valence-corrected chi connectivity index (χ1v) is 17.6. The molecule has 48 heavy (non-hydrogen) atoms. The number of piperazine rings is 1. The Morgan fingerprint density at radius 1 is 0.812 bits per heavy atom. The van der Waals surface area contributed by atoms with Crippen molar-refractivity contribution in [3.05, 3.63) is 140 Å². The van der Waals surface area contributed by atoms with E-state index in [1.165, 1.54) is 11.1 Å². The van der Waals surface area contributed by atoms with Crippen LogP contribution >= 0.6 is 23.2 Å². The van der Waals surface area contributed by atoms with Gasteiger partial charge in [-0.3, -0.25) is 19.4 Å². The molecule has 0 radical (unpaired) electrons. The van der Waals surface area contributed by atoms with E-state index in [2.05, 4.69) is 70.5 Å². The lowest BCUT2D eigenvalue weighted by molar-refractivity contribution is -0.141. The number of carbonyl (C=O) groups is 2. The molecule has 3 atom stereocenters. The van der Waals surface area contributed by atoms with Crippen LogP contribution in [0.3, 0.4) is 0 Å². The summed E-state index contributed by atoms with van der Waals surface area (Å²) in [7, 11) is 0. The van der Waals surface area contributed by atoms with Crippen LogP contribution in [0.5, 0.6) is 0 Å². The van der Waals surface area contributed by atoms with Gasteiger partial charge in [0.2, 0.25) is 0 Å². The third-order valence-corrected chi connectivity index (χ3v) is 10.8. The third kappa shape index (κ3) is 7.24. The van der Waals surface area contributed by atoms with Crippen molar-refractivity contribution in [2.45, 2.75) is 44.8 Å². The summed E-state index contributed by atoms with van der Waals surface area (Å²) in [5, 5.41) is 0.784. The van der Waals surface area contributed by atoms with Gasteiger partial charge in [-0.15, -0.1) is 0 Å². The Hall–Kier alpha value is -3.52. The normalized spacial score (nSPS) is 22.1. The first kappa shape index (κ1) is 34.3. The zero-order valence-corrected chi connectivity index (χ0v) is 29.3. The van der Waals surface area contributed by atoms with Crippen molar-refractivity contribution in [2.75, 3.05) is 39.3 Å². The number of nitrogens with two attached hydrogens (primary N) is 1. The molecule has 0 saturated carbocycles. The van der Waals surface area contributed by atoms with Crippen molar-refractivity contribution >= 4 is 34.9 Å². The fourth-order valence-corrected chi connectivity index (χ4v) is 8.26. The first-order chi connectivity index (χ1) is 23.2. The molecule has 2 heterocycles. The topological polar surface area (TPSA) is 69.9 Å². The lowest BCUT2D eigenvalue weighted by Gasteiger charge is -2.56. The molecule has 4 aromatic carbocycles. The minimum absolute atomic E-state index is 0.0562. The predicted molar refractivity (Wildman–Crippen MR) is 194 cm³/mol. The van der Waals surface area contributed by atoms with Crippen LogP contribution < -0.4 is 5.73 Å². The number of aryl methyl sites for hydroxylation is 2. The Kier molecular flexibility index (Phi) is 10.7. The highest BCUT2D eigenvalue weighted by Gasteiger charge is 2.53. The monoisotopic (exact) mass is 682 g/mol. The van der Waals surface area contributed by atoms with E-state index in [1.807, 2.05) is 43.0 Å². The molecule has 6 rings (SSSR count). The number of rotatable bonds is 9. The van der Waals surface area contributed by atoms with Crippen LogP contribution in [0.15, 0.2) is 97.1 Å². The average molecular weight is 684 g/mol. The van der Waals surface area contributed by atoms with Crippen LogP contribution in [-0.4, -0.2) is 71.7 Å². The molecule has 4 aromatic rings. The van der Waals surface area contributed by atoms with Crippen molar-refractivity contribution in [3.8, 4) is 0 Å². The fraction of sp³-hybridized carbons (Fsp3) is 0.350. The Balaban J connectivity index is 1.41. The summed E-state index contributed by atoms with van der Waals surface area (Å²) in [5.41, 5.74) is 11.0. The number of benzene rings is 4. The number of amides is 1. The van der Waals surface area contributed by atoms with E-state index in [9.17, 15) is 9.59 Å². The van der Waals surface area contributed by atoms with E-state index < -0.39 is 5.54 Å². The molecule has 2 aliphatic rings. The van der Waals surface area contributed by atoms with Gasteiger partial charge in [0.15, 0.2) is 5.78 Å². The lowest BCUT2D eigenvalue weighted by atomic mass is 9.76. The fourth-order valence-electron chi connectivity index (χ4n) is 7.97. The van der Waals surface area contributed by atoms with Gasteiger partial charge in [0.25, 0.3) is 5.91 Å². The van der Waals surface area contributed by atoms with Gasteiger partial charge in [-0.25, -0.2) is 0 Å². The maximum atomic E-state index is 14.5. The second-order valence-electron chi connectivity index (χ2n) is 13.4. The molecule has 2 fully saturated rings. The molecule has 0 aliphatic carbocycles. The van der Waals surface area contributed by atoms with Crippen LogP contribution in [0.4, 0.5) is 0 Å². The molecular weight excluding hydrogens is 639 g/mol. The number of ketones is 1. The van der Waals surface area contributed by atoms with Gasteiger partial charge >= 0.3 is 0 Å². The number of Topliss-reactive ketones (excluding diaryl/α,β-unsaturated/α-hetero) is 1. The molecule has 0 spiro atoms. The number of hydrogen-bond acceptors (Lipinski definition) is 5. The Morgan fingerprint density at radius 3 is 2.12 bits per heavy atom. The maximum absolute atomic E-state index is 14.5. The Labute approximate surface area is 294 Å². The van der Waals surface area contributed by atoms with E-state index in [0.717, 1.165) is 49.2 Å². The van der Waals surface area contributed by atoms with Crippen LogP contribution in [0.2, 0.25) is 10.0 Å². The number of halogens is 2. The summed E-state index contributed by atoms with van der Waals surface area (Å²) in [6, 6.07) is 32.6. The highest BCUT2D eigenvalue weighted by molar-refractivity contribution is 6.42. The number of likely N-dealkylation sites (tertiary alicyclic amines) is 1. The van der Waals surface area contributed by atoms with E-state index in [0.29, 0.717) is 28.7 Å². The molecule has 8 heteroatoms. The number of carbonyl (C=O) groups excluding carboxylic acids is 2. The number of hydrogen-bond donors (Lipinski definition) is 1. The molecule has 0 aromatic heterocycles. The minimum atomic E-state index is -1.20. The summed E-state index contributed by atoms with van der Waals surface area (Å²) in [6.07, 6.45) is 1.74. The lowest BCUT2D eigenvalue weighted by Crippen LogP contribution is -2.70. The summed E-state index contributed by atoms with van der Waals surface area (Å²) in [5.74, 6) is -0.00234. The summed E-state index contributed by atoms with van der Waals surface area (Å²) in [6.45, 7) is 7.66. The second-order valence-corrected chi connectivity index (χ2v) is 14.3. The molecule has 2 N–H and O–H groups in total. The van der Waals surface area contributed by atoms with E-state index >= 15 is 0 Å². The highest BCUT2D eigenvalue weighted by Crippen LogP contribution is 2.42. The molecule has 3 unspecified atom stereocenters. The summed E-state index contributed by atoms with van der Waals surface area (Å²) >= 11 is 13.1. The molecule has 0 bridgehead atoms. The second kappa shape index (κ2) is 14.9. The smallest absolute Gasteiger partial charge is 0.254 e. The first-order valence-electron chi connectivity index (χ1n) is 16.8. The van der Waals surface area contributed by atoms with E-state index in [-0.39, 0.29) is 36.7 Å². The van der Waals surface area contributed by atoms with Gasteiger partial charge in [-0.05, 0) is 80.1 Å². The van der Waals surface area contributed by atoms with Gasteiger partial charge in [-0.1, -0.05) is 107 Å². The molecule has 1 amide bonds. The maximum Gasteiger partial charge on any atom is 0.254 e. The van der Waals surface area contributed by atoms with Gasteiger partial charge in [-0.2, -0.15) is 0 Å². The Bertz CT molecular complexity index is 1730. The Morgan fingerprint density at radius 2 is 1.48 bits per heavy atom. The number of piperidine rings is 1. The standard InChI is InChI=1S/C40H44Cl2N4O2/c1-28-19-29(2)21-32(20-28)39(48)45-17-18-46(40(27-45,38(47)24-43)34-13-14-35(41)36(42)23-34)37-15-16-44(25-31-11-7-4-8-12-31)26-33(37)22-30-9-5-3-6-10-30/h3-14,19-21,23,33,37H,15-18,22,24-27,43H2,1-2H3. The van der Waals surface area contributed by atoms with Gasteiger partial charge < -0.3 is 10.6 Å². The molecule has 2 aliphatic heterocycles. The largest absolute Gasteiger partial charge is 0.335 e.